The Morgan fingerprint density at radius 2 is 1.24 bits per heavy atom. The molecular formula is C52H40N6. The van der Waals surface area contributed by atoms with Crippen LogP contribution in [0.4, 0.5) is 0 Å². The third-order valence-electron chi connectivity index (χ3n) is 11.2. The lowest BCUT2D eigenvalue weighted by atomic mass is 10.0. The number of nitrogens with zero attached hydrogens (tertiary/aromatic N) is 4. The van der Waals surface area contributed by atoms with Crippen molar-refractivity contribution in [2.75, 3.05) is 7.05 Å². The van der Waals surface area contributed by atoms with Gasteiger partial charge >= 0.3 is 0 Å². The van der Waals surface area contributed by atoms with Gasteiger partial charge in [-0.15, -0.1) is 0 Å². The Balaban J connectivity index is 1.26. The van der Waals surface area contributed by atoms with E-state index in [9.17, 15) is 5.41 Å². The fourth-order valence-corrected chi connectivity index (χ4v) is 8.74. The van der Waals surface area contributed by atoms with Gasteiger partial charge in [0.2, 0.25) is 5.96 Å². The number of hydrogen-bond acceptors (Lipinski definition) is 1. The molecule has 7 aromatic carbocycles. The molecule has 58 heavy (non-hydrogen) atoms. The van der Waals surface area contributed by atoms with Crippen LogP contribution in [0.15, 0.2) is 181 Å². The summed E-state index contributed by atoms with van der Waals surface area (Å²) in [5, 5.41) is 18.8. The molecule has 0 aliphatic rings. The molecule has 0 aliphatic carbocycles. The topological polar surface area (TPSA) is 63.0 Å². The Hall–Kier alpha value is -7.70. The second-order valence-electron chi connectivity index (χ2n) is 14.4. The van der Waals surface area contributed by atoms with Gasteiger partial charge in [0.05, 0.1) is 33.3 Å². The van der Waals surface area contributed by atoms with Crippen LogP contribution in [0.1, 0.15) is 23.7 Å². The van der Waals surface area contributed by atoms with Crippen LogP contribution in [0.3, 0.4) is 0 Å². The number of amidine groups is 1. The predicted molar refractivity (Wildman–Crippen MR) is 246 cm³/mol. The number of aliphatic imine (C=N–C) groups is 1. The molecule has 3 aromatic heterocycles. The first-order valence-corrected chi connectivity index (χ1v) is 19.6. The van der Waals surface area contributed by atoms with E-state index in [0.717, 1.165) is 66.7 Å². The molecule has 0 radical (unpaired) electrons. The van der Waals surface area contributed by atoms with E-state index in [4.69, 9.17) is 4.99 Å². The highest BCUT2D eigenvalue weighted by molar-refractivity contribution is 6.26. The summed E-state index contributed by atoms with van der Waals surface area (Å²) in [6.45, 7) is 6.15. The summed E-state index contributed by atoms with van der Waals surface area (Å²) >= 11 is 0. The van der Waals surface area contributed by atoms with Crippen molar-refractivity contribution < 1.29 is 0 Å². The molecule has 10 aromatic rings. The van der Waals surface area contributed by atoms with Crippen molar-refractivity contribution >= 4 is 78.5 Å². The lowest BCUT2D eigenvalue weighted by Crippen LogP contribution is -2.29. The maximum atomic E-state index is 9.70. The summed E-state index contributed by atoms with van der Waals surface area (Å²) in [5.74, 6) is 0.681. The number of aromatic nitrogens is 3. The van der Waals surface area contributed by atoms with Gasteiger partial charge in [-0.2, -0.15) is 4.99 Å². The molecule has 0 saturated carbocycles. The molecule has 6 heteroatoms. The molecular weight excluding hydrogens is 709 g/mol. The minimum Gasteiger partial charge on any atom is -0.358 e. The second kappa shape index (κ2) is 14.1. The maximum Gasteiger partial charge on any atom is 0.209 e. The molecule has 0 fully saturated rings. The summed E-state index contributed by atoms with van der Waals surface area (Å²) in [6.07, 6.45) is 5.98. The van der Waals surface area contributed by atoms with E-state index >= 15 is 0 Å². The monoisotopic (exact) mass is 748 g/mol. The number of fused-ring (bicyclic) bond motifs is 8. The van der Waals surface area contributed by atoms with Crippen molar-refractivity contribution in [2.45, 2.75) is 6.92 Å². The summed E-state index contributed by atoms with van der Waals surface area (Å²) in [6, 6.07) is 57.5. The fraction of sp³-hybridized carbons (Fsp3) is 0.0385. The molecule has 3 heterocycles. The zero-order valence-corrected chi connectivity index (χ0v) is 32.3. The molecule has 278 valence electrons. The highest BCUT2D eigenvalue weighted by atomic mass is 15.2. The van der Waals surface area contributed by atoms with Gasteiger partial charge in [-0.1, -0.05) is 128 Å². The van der Waals surface area contributed by atoms with E-state index < -0.39 is 0 Å². The number of allylic oxidation sites excluding steroid dienone is 1. The van der Waals surface area contributed by atoms with Gasteiger partial charge in [-0.05, 0) is 78.7 Å². The average Bonchev–Trinajstić information content (AvgIpc) is 3.91. The number of benzene rings is 7. The minimum atomic E-state index is 0.138. The summed E-state index contributed by atoms with van der Waals surface area (Å²) in [5.41, 5.74) is 12.3. The fourth-order valence-electron chi connectivity index (χ4n) is 8.74. The quantitative estimate of drug-likeness (QED) is 0.129. The molecule has 10 rings (SSSR count). The molecule has 6 nitrogen and oxygen atoms in total. The van der Waals surface area contributed by atoms with Crippen molar-refractivity contribution in [3.05, 3.63) is 193 Å². The molecule has 0 bridgehead atoms. The van der Waals surface area contributed by atoms with E-state index in [1.807, 2.05) is 44.3 Å². The van der Waals surface area contributed by atoms with E-state index in [1.165, 1.54) is 21.5 Å². The first kappa shape index (κ1) is 34.8. The van der Waals surface area contributed by atoms with E-state index in [0.29, 0.717) is 11.5 Å². The predicted octanol–water partition coefficient (Wildman–Crippen LogP) is 12.6. The van der Waals surface area contributed by atoms with Crippen molar-refractivity contribution in [3.8, 4) is 22.5 Å². The normalized spacial score (nSPS) is 12.1. The molecule has 0 aliphatic heterocycles. The third-order valence-corrected chi connectivity index (χ3v) is 11.2. The van der Waals surface area contributed by atoms with Gasteiger partial charge in [0, 0.05) is 56.5 Å². The number of rotatable bonds is 6. The van der Waals surface area contributed by atoms with Gasteiger partial charge < -0.3 is 14.5 Å². The summed E-state index contributed by atoms with van der Waals surface area (Å²) in [4.78, 5) is 5.06. The summed E-state index contributed by atoms with van der Waals surface area (Å²) in [7, 11) is 1.86. The van der Waals surface area contributed by atoms with E-state index in [1.54, 1.807) is 0 Å². The lowest BCUT2D eigenvalue weighted by molar-refractivity contribution is 1.03. The molecule has 0 spiro atoms. The van der Waals surface area contributed by atoms with E-state index in [-0.39, 0.29) is 5.84 Å². The largest absolute Gasteiger partial charge is 0.358 e. The maximum absolute atomic E-state index is 9.70. The van der Waals surface area contributed by atoms with E-state index in [2.05, 4.69) is 177 Å². The highest BCUT2D eigenvalue weighted by Crippen LogP contribution is 2.42. The van der Waals surface area contributed by atoms with Gasteiger partial charge in [0.1, 0.15) is 0 Å². The van der Waals surface area contributed by atoms with Gasteiger partial charge in [0.25, 0.3) is 0 Å². The van der Waals surface area contributed by atoms with Crippen molar-refractivity contribution in [1.82, 2.24) is 19.0 Å². The van der Waals surface area contributed by atoms with Crippen LogP contribution in [0.25, 0.3) is 89.2 Å². The standard InChI is InChI=1S/C52H40N6/c1-4-18-44-39(5-2)40-23-12-16-27-46(40)58(44)52(54-3)55-51(53)36-31-35(34-19-8-6-9-20-34)32-38(33-36)57-45-26-15-13-24-41(45)42-29-30-48-49(50(42)57)43-25-14-17-28-47(43)56(48)37-21-10-7-11-22-37/h4-33H,2H2,1,3H3,(H2,53,54,55)/b18-4-. The average molecular weight is 749 g/mol. The number of nitrogens with one attached hydrogen (secondary N) is 2. The molecule has 0 amide bonds. The Labute approximate surface area is 336 Å². The molecule has 0 atom stereocenters. The van der Waals surface area contributed by atoms with Crippen molar-refractivity contribution in [1.29, 1.82) is 5.41 Å². The Morgan fingerprint density at radius 3 is 1.95 bits per heavy atom. The Bertz CT molecular complexity index is 3300. The molecule has 2 N–H and O–H groups in total. The lowest BCUT2D eigenvalue weighted by Gasteiger charge is -2.15. The molecule has 0 saturated heterocycles. The van der Waals surface area contributed by atoms with Crippen LogP contribution in [0, 0.1) is 5.41 Å². The molecule has 0 unspecified atom stereocenters. The van der Waals surface area contributed by atoms with Crippen LogP contribution in [-0.4, -0.2) is 32.5 Å². The van der Waals surface area contributed by atoms with Crippen molar-refractivity contribution in [2.24, 2.45) is 4.99 Å². The zero-order chi connectivity index (χ0) is 39.3. The van der Waals surface area contributed by atoms with Crippen LogP contribution >= 0.6 is 0 Å². The third kappa shape index (κ3) is 5.41. The second-order valence-corrected chi connectivity index (χ2v) is 14.4. The summed E-state index contributed by atoms with van der Waals surface area (Å²) < 4.78 is 6.84. The smallest absolute Gasteiger partial charge is 0.209 e. The van der Waals surface area contributed by atoms with Crippen molar-refractivity contribution in [3.63, 3.8) is 0 Å². The Morgan fingerprint density at radius 1 is 0.603 bits per heavy atom. The van der Waals surface area contributed by atoms with Crippen LogP contribution in [0.2, 0.25) is 0 Å². The van der Waals surface area contributed by atoms with Gasteiger partial charge in [-0.3, -0.25) is 9.98 Å². The van der Waals surface area contributed by atoms with Gasteiger partial charge in [0.15, 0.2) is 5.84 Å². The van der Waals surface area contributed by atoms with Crippen LogP contribution in [0.5, 0.6) is 0 Å². The van der Waals surface area contributed by atoms with Crippen LogP contribution < -0.4 is 5.32 Å². The highest BCUT2D eigenvalue weighted by Gasteiger charge is 2.22. The SMILES string of the molecule is C=Cc1c(/C=C\C)n(C(=NC(=N)c2cc(-c3ccccc3)cc(-n3c4ccccc4c4ccc5c(c6ccccc6n5-c5ccccc5)c43)c2)NC)c2ccccc12. The zero-order valence-electron chi connectivity index (χ0n) is 32.3. The Kier molecular flexibility index (Phi) is 8.45. The number of hydrogen-bond donors (Lipinski definition) is 2. The minimum absolute atomic E-state index is 0.138. The first-order valence-electron chi connectivity index (χ1n) is 19.6. The van der Waals surface area contributed by atoms with Crippen LogP contribution in [-0.2, 0) is 0 Å². The van der Waals surface area contributed by atoms with Gasteiger partial charge in [-0.25, -0.2) is 0 Å². The number of para-hydroxylation sites is 4. The first-order chi connectivity index (χ1) is 28.6.